The summed E-state index contributed by atoms with van der Waals surface area (Å²) in [7, 11) is 0. The summed E-state index contributed by atoms with van der Waals surface area (Å²) in [5.41, 5.74) is 3.28. The molecule has 0 saturated heterocycles. The van der Waals surface area contributed by atoms with Crippen LogP contribution in [-0.2, 0) is 6.54 Å². The van der Waals surface area contributed by atoms with E-state index in [1.54, 1.807) is 24.3 Å². The molecule has 0 saturated carbocycles. The highest BCUT2D eigenvalue weighted by atomic mass is 35.5. The van der Waals surface area contributed by atoms with Gasteiger partial charge in [-0.15, -0.1) is 0 Å². The number of nitrogens with one attached hydrogen (secondary N) is 2. The van der Waals surface area contributed by atoms with Crippen molar-refractivity contribution in [1.82, 2.24) is 10.3 Å². The monoisotopic (exact) mass is 294 g/mol. The van der Waals surface area contributed by atoms with E-state index in [1.165, 1.54) is 12.1 Å². The molecule has 0 atom stereocenters. The molecule has 0 radical (unpaired) electrons. The van der Waals surface area contributed by atoms with E-state index >= 15 is 0 Å². The Balaban J connectivity index is 2.02. The summed E-state index contributed by atoms with van der Waals surface area (Å²) in [4.78, 5) is 15.9. The Bertz CT molecular complexity index is 636. The Morgan fingerprint density at radius 2 is 2.15 bits per heavy atom. The molecule has 4 N–H and O–H groups in total. The third kappa shape index (κ3) is 3.43. The number of nitrogens with zero attached hydrogens (tertiary/aromatic N) is 1. The summed E-state index contributed by atoms with van der Waals surface area (Å²) in [6, 6.07) is 9.12. The summed E-state index contributed by atoms with van der Waals surface area (Å²) in [6.45, 7) is 0.223. The number of benzene rings is 1. The molecular weight excluding hydrogens is 283 g/mol. The number of hydrogen-bond donors (Lipinski definition) is 3. The lowest BCUT2D eigenvalue weighted by atomic mass is 10.2. The van der Waals surface area contributed by atoms with E-state index in [-0.39, 0.29) is 23.2 Å². The highest BCUT2D eigenvalue weighted by Gasteiger charge is 2.08. The highest BCUT2D eigenvalue weighted by Crippen LogP contribution is 2.15. The molecule has 0 unspecified atom stereocenters. The van der Waals surface area contributed by atoms with Crippen LogP contribution in [0.15, 0.2) is 36.4 Å². The summed E-state index contributed by atoms with van der Waals surface area (Å²) >= 11 is 5.66. The number of aromatic nitrogens is 1. The number of carbonyl (C=O) groups is 1. The van der Waals surface area contributed by atoms with Gasteiger partial charge in [-0.3, -0.25) is 4.79 Å². The molecule has 20 heavy (non-hydrogen) atoms. The number of halogens is 2. The summed E-state index contributed by atoms with van der Waals surface area (Å²) in [6.07, 6.45) is 0. The van der Waals surface area contributed by atoms with Crippen LogP contribution in [0, 0.1) is 5.82 Å². The van der Waals surface area contributed by atoms with Crippen molar-refractivity contribution >= 4 is 23.3 Å². The van der Waals surface area contributed by atoms with Crippen LogP contribution in [-0.4, -0.2) is 10.9 Å². The number of rotatable bonds is 4. The van der Waals surface area contributed by atoms with Crippen LogP contribution < -0.4 is 16.6 Å². The van der Waals surface area contributed by atoms with E-state index in [0.717, 1.165) is 0 Å². The van der Waals surface area contributed by atoms with E-state index in [0.29, 0.717) is 11.4 Å². The first-order chi connectivity index (χ1) is 9.60. The van der Waals surface area contributed by atoms with E-state index in [4.69, 9.17) is 17.4 Å². The van der Waals surface area contributed by atoms with Gasteiger partial charge in [-0.05, 0) is 29.8 Å². The zero-order valence-corrected chi connectivity index (χ0v) is 11.1. The van der Waals surface area contributed by atoms with Gasteiger partial charge < -0.3 is 10.7 Å². The fraction of sp³-hybridized carbons (Fsp3) is 0.0769. The second-order valence-electron chi connectivity index (χ2n) is 3.98. The molecule has 104 valence electrons. The topological polar surface area (TPSA) is 80.0 Å². The minimum absolute atomic E-state index is 0.0178. The largest absolute Gasteiger partial charge is 0.347 e. The Morgan fingerprint density at radius 1 is 1.35 bits per heavy atom. The second-order valence-corrected chi connectivity index (χ2v) is 4.39. The quantitative estimate of drug-likeness (QED) is 0.596. The average Bonchev–Trinajstić information content (AvgIpc) is 2.48. The van der Waals surface area contributed by atoms with Crippen LogP contribution in [0.2, 0.25) is 5.02 Å². The maximum atomic E-state index is 13.0. The first-order valence-corrected chi connectivity index (χ1v) is 6.14. The highest BCUT2D eigenvalue weighted by molar-refractivity contribution is 6.30. The molecule has 0 aliphatic heterocycles. The number of carbonyl (C=O) groups excluding carboxylic acids is 1. The van der Waals surface area contributed by atoms with Gasteiger partial charge in [0.1, 0.15) is 17.3 Å². The predicted molar refractivity (Wildman–Crippen MR) is 74.6 cm³/mol. The lowest BCUT2D eigenvalue weighted by Crippen LogP contribution is -2.24. The van der Waals surface area contributed by atoms with Crippen LogP contribution in [0.1, 0.15) is 16.1 Å². The molecule has 1 heterocycles. The van der Waals surface area contributed by atoms with Crippen molar-refractivity contribution < 1.29 is 9.18 Å². The summed E-state index contributed by atoms with van der Waals surface area (Å²) in [5.74, 6) is 4.76. The van der Waals surface area contributed by atoms with Gasteiger partial charge in [0.25, 0.3) is 5.91 Å². The minimum Gasteiger partial charge on any atom is -0.347 e. The van der Waals surface area contributed by atoms with Crippen LogP contribution >= 0.6 is 11.6 Å². The number of hydrazine groups is 1. The Labute approximate surface area is 119 Å². The van der Waals surface area contributed by atoms with Gasteiger partial charge in [-0.1, -0.05) is 23.7 Å². The first kappa shape index (κ1) is 14.2. The molecule has 0 bridgehead atoms. The first-order valence-electron chi connectivity index (χ1n) is 5.76. The molecule has 0 spiro atoms. The summed E-state index contributed by atoms with van der Waals surface area (Å²) in [5, 5.41) is 2.68. The maximum Gasteiger partial charge on any atom is 0.270 e. The van der Waals surface area contributed by atoms with Crippen LogP contribution in [0.4, 0.5) is 10.2 Å². The van der Waals surface area contributed by atoms with Crippen LogP contribution in [0.3, 0.4) is 0 Å². The molecule has 5 nitrogen and oxygen atoms in total. The molecule has 2 aromatic rings. The number of hydrogen-bond acceptors (Lipinski definition) is 4. The lowest BCUT2D eigenvalue weighted by Gasteiger charge is -2.06. The van der Waals surface area contributed by atoms with E-state index in [1.807, 2.05) is 0 Å². The average molecular weight is 295 g/mol. The van der Waals surface area contributed by atoms with Crippen LogP contribution in [0.5, 0.6) is 0 Å². The third-order valence-electron chi connectivity index (χ3n) is 2.57. The number of nitrogens with two attached hydrogens (primary N) is 1. The van der Waals surface area contributed by atoms with E-state index in [2.05, 4.69) is 15.7 Å². The molecule has 2 rings (SSSR count). The fourth-order valence-electron chi connectivity index (χ4n) is 1.56. The van der Waals surface area contributed by atoms with Crippen molar-refractivity contribution in [3.63, 3.8) is 0 Å². The van der Waals surface area contributed by atoms with Gasteiger partial charge in [-0.2, -0.15) is 0 Å². The van der Waals surface area contributed by atoms with Gasteiger partial charge in [0.05, 0.1) is 5.02 Å². The molecule has 0 aliphatic carbocycles. The normalized spacial score (nSPS) is 10.2. The molecule has 1 aromatic heterocycles. The zero-order chi connectivity index (χ0) is 14.5. The van der Waals surface area contributed by atoms with Gasteiger partial charge in [0.15, 0.2) is 0 Å². The van der Waals surface area contributed by atoms with Crippen molar-refractivity contribution in [2.45, 2.75) is 6.54 Å². The van der Waals surface area contributed by atoms with Crippen molar-refractivity contribution in [2.24, 2.45) is 5.84 Å². The van der Waals surface area contributed by atoms with E-state index < -0.39 is 5.82 Å². The SMILES string of the molecule is NNc1cccc(C(=O)NCc2ccc(F)c(Cl)c2)n1. The molecular formula is C13H12ClFN4O. The number of amides is 1. The molecule has 7 heteroatoms. The van der Waals surface area contributed by atoms with Gasteiger partial charge >= 0.3 is 0 Å². The van der Waals surface area contributed by atoms with E-state index in [9.17, 15) is 9.18 Å². The van der Waals surface area contributed by atoms with Gasteiger partial charge in [0.2, 0.25) is 0 Å². The zero-order valence-electron chi connectivity index (χ0n) is 10.4. The summed E-state index contributed by atoms with van der Waals surface area (Å²) < 4.78 is 13.0. The molecule has 0 aliphatic rings. The minimum atomic E-state index is -0.495. The number of nitrogen functional groups attached to an aromatic ring is 1. The van der Waals surface area contributed by atoms with Crippen molar-refractivity contribution in [3.8, 4) is 0 Å². The second kappa shape index (κ2) is 6.31. The number of anilines is 1. The standard InChI is InChI=1S/C13H12ClFN4O/c14-9-6-8(4-5-10(9)15)7-17-13(20)11-2-1-3-12(18-11)19-16/h1-6H,7,16H2,(H,17,20)(H,18,19). The fourth-order valence-corrected chi connectivity index (χ4v) is 1.77. The maximum absolute atomic E-state index is 13.0. The lowest BCUT2D eigenvalue weighted by molar-refractivity contribution is 0.0946. The van der Waals surface area contributed by atoms with Gasteiger partial charge in [-0.25, -0.2) is 15.2 Å². The third-order valence-corrected chi connectivity index (χ3v) is 2.86. The smallest absolute Gasteiger partial charge is 0.270 e. The van der Waals surface area contributed by atoms with Crippen molar-refractivity contribution in [3.05, 3.63) is 58.5 Å². The number of pyridine rings is 1. The van der Waals surface area contributed by atoms with Crippen molar-refractivity contribution in [2.75, 3.05) is 5.43 Å². The Kier molecular flexibility index (Phi) is 4.49. The molecule has 1 aromatic carbocycles. The molecule has 1 amide bonds. The Morgan fingerprint density at radius 3 is 2.85 bits per heavy atom. The predicted octanol–water partition coefficient (Wildman–Crippen LogP) is 2.09. The van der Waals surface area contributed by atoms with Crippen molar-refractivity contribution in [1.29, 1.82) is 0 Å². The van der Waals surface area contributed by atoms with Gasteiger partial charge in [0, 0.05) is 6.54 Å². The van der Waals surface area contributed by atoms with Crippen LogP contribution in [0.25, 0.3) is 0 Å². The molecule has 0 fully saturated rings. The Hall–Kier alpha value is -2.18.